The van der Waals surface area contributed by atoms with Gasteiger partial charge in [-0.1, -0.05) is 17.7 Å². The van der Waals surface area contributed by atoms with Crippen LogP contribution in [0.1, 0.15) is 12.5 Å². The van der Waals surface area contributed by atoms with Gasteiger partial charge in [0, 0.05) is 7.05 Å². The Kier molecular flexibility index (Phi) is 5.54. The highest BCUT2D eigenvalue weighted by atomic mass is 32.2. The van der Waals surface area contributed by atoms with Gasteiger partial charge in [0.1, 0.15) is 6.33 Å². The summed E-state index contributed by atoms with van der Waals surface area (Å²) in [7, 11) is 1.79. The van der Waals surface area contributed by atoms with Crippen LogP contribution in [-0.2, 0) is 16.6 Å². The second kappa shape index (κ2) is 7.60. The van der Waals surface area contributed by atoms with Crippen molar-refractivity contribution in [2.24, 2.45) is 12.1 Å². The van der Waals surface area contributed by atoms with Gasteiger partial charge in [0.2, 0.25) is 5.04 Å². The number of benzene rings is 1. The van der Waals surface area contributed by atoms with Crippen LogP contribution in [0.25, 0.3) is 0 Å². The Hall–Kier alpha value is -2.35. The number of carbonyl (C=O) groups excluding carboxylic acids is 1. The van der Waals surface area contributed by atoms with E-state index in [1.54, 1.807) is 24.9 Å². The van der Waals surface area contributed by atoms with Crippen LogP contribution in [0.15, 0.2) is 40.9 Å². The molecule has 2 aromatic rings. The van der Waals surface area contributed by atoms with Gasteiger partial charge in [-0.3, -0.25) is 5.43 Å². The zero-order valence-electron chi connectivity index (χ0n) is 12.6. The van der Waals surface area contributed by atoms with Gasteiger partial charge in [-0.15, -0.1) is 10.2 Å². The Morgan fingerprint density at radius 1 is 1.41 bits per heavy atom. The first-order valence-corrected chi connectivity index (χ1v) is 7.51. The first-order chi connectivity index (χ1) is 10.6. The van der Waals surface area contributed by atoms with Crippen molar-refractivity contribution in [2.45, 2.75) is 19.0 Å². The highest BCUT2D eigenvalue weighted by Gasteiger charge is 2.17. The van der Waals surface area contributed by atoms with Crippen molar-refractivity contribution in [3.63, 3.8) is 0 Å². The fraction of sp³-hybridized carbons (Fsp3) is 0.286. The molecule has 0 fully saturated rings. The van der Waals surface area contributed by atoms with E-state index in [1.165, 1.54) is 0 Å². The van der Waals surface area contributed by atoms with Gasteiger partial charge < -0.3 is 9.30 Å². The molecule has 1 N–H and O–H groups in total. The number of nitrogens with one attached hydrogen (secondary N) is 1. The monoisotopic (exact) mass is 319 g/mol. The molecular formula is C14H17N5O2S. The van der Waals surface area contributed by atoms with Crippen LogP contribution < -0.4 is 5.43 Å². The number of anilines is 1. The normalized spacial score (nSPS) is 11.3. The Balaban J connectivity index is 2.16. The van der Waals surface area contributed by atoms with E-state index >= 15 is 0 Å². The first kappa shape index (κ1) is 16.0. The lowest BCUT2D eigenvalue weighted by atomic mass is 10.2. The summed E-state index contributed by atoms with van der Waals surface area (Å²) < 4.78 is 6.71. The van der Waals surface area contributed by atoms with Gasteiger partial charge in [-0.25, -0.2) is 4.79 Å². The Labute approximate surface area is 132 Å². The van der Waals surface area contributed by atoms with E-state index in [0.717, 1.165) is 23.0 Å². The number of esters is 1. The SMILES string of the molecule is CCOC(=O)C(=NNc1ccc(C)cc1)Sc1nncn1C. The van der Waals surface area contributed by atoms with Crippen LogP contribution in [-0.4, -0.2) is 32.4 Å². The van der Waals surface area contributed by atoms with Gasteiger partial charge in [-0.2, -0.15) is 5.10 Å². The summed E-state index contributed by atoms with van der Waals surface area (Å²) >= 11 is 1.09. The van der Waals surface area contributed by atoms with E-state index in [4.69, 9.17) is 4.74 Å². The zero-order valence-corrected chi connectivity index (χ0v) is 13.4. The summed E-state index contributed by atoms with van der Waals surface area (Å²) in [6.07, 6.45) is 1.55. The third kappa shape index (κ3) is 4.32. The van der Waals surface area contributed by atoms with Crippen LogP contribution in [0.4, 0.5) is 5.69 Å². The quantitative estimate of drug-likeness (QED) is 0.306. The molecule has 2 rings (SSSR count). The van der Waals surface area contributed by atoms with Crippen LogP contribution >= 0.6 is 11.8 Å². The van der Waals surface area contributed by atoms with Crippen molar-refractivity contribution >= 4 is 28.5 Å². The maximum atomic E-state index is 12.0. The summed E-state index contributed by atoms with van der Waals surface area (Å²) in [5.74, 6) is -0.505. The summed E-state index contributed by atoms with van der Waals surface area (Å²) in [5.41, 5.74) is 4.78. The van der Waals surface area contributed by atoms with Gasteiger partial charge in [0.05, 0.1) is 12.3 Å². The van der Waals surface area contributed by atoms with Gasteiger partial charge >= 0.3 is 5.97 Å². The van der Waals surface area contributed by atoms with E-state index in [1.807, 2.05) is 31.2 Å². The second-order valence-electron chi connectivity index (χ2n) is 4.44. The number of rotatable bonds is 4. The molecule has 0 aliphatic heterocycles. The summed E-state index contributed by atoms with van der Waals surface area (Å²) in [6.45, 7) is 4.03. The molecule has 0 spiro atoms. The van der Waals surface area contributed by atoms with Crippen molar-refractivity contribution in [1.29, 1.82) is 0 Å². The third-order valence-corrected chi connectivity index (χ3v) is 3.65. The number of carbonyl (C=O) groups is 1. The molecule has 0 bridgehead atoms. The number of aromatic nitrogens is 3. The first-order valence-electron chi connectivity index (χ1n) is 6.69. The molecule has 0 atom stereocenters. The van der Waals surface area contributed by atoms with Gasteiger partial charge in [0.25, 0.3) is 0 Å². The van der Waals surface area contributed by atoms with Crippen molar-refractivity contribution < 1.29 is 9.53 Å². The molecule has 22 heavy (non-hydrogen) atoms. The number of hydrazone groups is 1. The van der Waals surface area contributed by atoms with Gasteiger partial charge in [0.15, 0.2) is 5.16 Å². The molecule has 0 radical (unpaired) electrons. The fourth-order valence-electron chi connectivity index (χ4n) is 1.50. The van der Waals surface area contributed by atoms with E-state index < -0.39 is 5.97 Å². The van der Waals surface area contributed by atoms with E-state index in [0.29, 0.717) is 5.16 Å². The fourth-order valence-corrected chi connectivity index (χ4v) is 2.18. The van der Waals surface area contributed by atoms with E-state index in [2.05, 4.69) is 20.7 Å². The maximum absolute atomic E-state index is 12.0. The molecule has 1 heterocycles. The molecule has 116 valence electrons. The van der Waals surface area contributed by atoms with E-state index in [-0.39, 0.29) is 11.7 Å². The van der Waals surface area contributed by atoms with E-state index in [9.17, 15) is 4.79 Å². The lowest BCUT2D eigenvalue weighted by Gasteiger charge is -2.06. The lowest BCUT2D eigenvalue weighted by molar-refractivity contribution is -0.134. The predicted octanol–water partition coefficient (Wildman–Crippen LogP) is 2.20. The average Bonchev–Trinajstić information content (AvgIpc) is 2.90. The summed E-state index contributed by atoms with van der Waals surface area (Å²) in [4.78, 5) is 12.0. The van der Waals surface area contributed by atoms with Crippen molar-refractivity contribution in [1.82, 2.24) is 14.8 Å². The third-order valence-electron chi connectivity index (χ3n) is 2.65. The summed E-state index contributed by atoms with van der Waals surface area (Å²) in [6, 6.07) is 7.68. The lowest BCUT2D eigenvalue weighted by Crippen LogP contribution is -2.16. The smallest absolute Gasteiger partial charge is 0.365 e. The molecule has 1 aromatic heterocycles. The Bertz CT molecular complexity index is 666. The van der Waals surface area contributed by atoms with Crippen LogP contribution in [0.5, 0.6) is 0 Å². The number of thioether (sulfide) groups is 1. The van der Waals surface area contributed by atoms with Gasteiger partial charge in [-0.05, 0) is 37.7 Å². The number of ether oxygens (including phenoxy) is 1. The molecule has 0 saturated heterocycles. The number of aryl methyl sites for hydroxylation is 2. The zero-order chi connectivity index (χ0) is 15.9. The standard InChI is InChI=1S/C14H17N5O2S/c1-4-21-13(20)12(22-14-18-15-9-19(14)3)17-16-11-7-5-10(2)6-8-11/h5-9,16H,4H2,1-3H3. The minimum absolute atomic E-state index is 0.165. The molecule has 0 aliphatic carbocycles. The Morgan fingerprint density at radius 2 is 2.14 bits per heavy atom. The highest BCUT2D eigenvalue weighted by molar-refractivity contribution is 8.15. The number of hydrogen-bond donors (Lipinski definition) is 1. The molecule has 7 nitrogen and oxygen atoms in total. The molecular weight excluding hydrogens is 302 g/mol. The van der Waals surface area contributed by atoms with Crippen molar-refractivity contribution in [2.75, 3.05) is 12.0 Å². The minimum Gasteiger partial charge on any atom is -0.461 e. The second-order valence-corrected chi connectivity index (χ2v) is 5.40. The van der Waals surface area contributed by atoms with Crippen LogP contribution in [0.3, 0.4) is 0 Å². The Morgan fingerprint density at radius 3 is 2.73 bits per heavy atom. The number of nitrogens with zero attached hydrogens (tertiary/aromatic N) is 4. The molecule has 0 aliphatic rings. The largest absolute Gasteiger partial charge is 0.461 e. The van der Waals surface area contributed by atoms with Crippen molar-refractivity contribution in [3.8, 4) is 0 Å². The number of hydrogen-bond acceptors (Lipinski definition) is 7. The van der Waals surface area contributed by atoms with Crippen LogP contribution in [0.2, 0.25) is 0 Å². The average molecular weight is 319 g/mol. The van der Waals surface area contributed by atoms with Crippen molar-refractivity contribution in [3.05, 3.63) is 36.2 Å². The maximum Gasteiger partial charge on any atom is 0.365 e. The summed E-state index contributed by atoms with van der Waals surface area (Å²) in [5, 5.41) is 12.5. The molecule has 1 aromatic carbocycles. The predicted molar refractivity (Wildman–Crippen MR) is 85.7 cm³/mol. The minimum atomic E-state index is -0.505. The molecule has 0 amide bonds. The topological polar surface area (TPSA) is 81.4 Å². The van der Waals surface area contributed by atoms with Crippen LogP contribution in [0, 0.1) is 6.92 Å². The molecule has 0 saturated carbocycles. The molecule has 8 heteroatoms. The molecule has 0 unspecified atom stereocenters. The highest BCUT2D eigenvalue weighted by Crippen LogP contribution is 2.18.